The van der Waals surface area contributed by atoms with E-state index in [0.29, 0.717) is 16.3 Å². The second-order valence-electron chi connectivity index (χ2n) is 6.53. The van der Waals surface area contributed by atoms with Gasteiger partial charge in [0.25, 0.3) is 5.91 Å². The molecule has 1 amide bonds. The van der Waals surface area contributed by atoms with Crippen LogP contribution in [0.2, 0.25) is 5.02 Å². The van der Waals surface area contributed by atoms with Gasteiger partial charge in [-0.15, -0.1) is 0 Å². The van der Waals surface area contributed by atoms with Gasteiger partial charge in [0.15, 0.2) is 6.10 Å². The molecule has 7 heteroatoms. The maximum absolute atomic E-state index is 12.1. The van der Waals surface area contributed by atoms with E-state index in [4.69, 9.17) is 16.3 Å². The quantitative estimate of drug-likeness (QED) is 0.476. The molecule has 1 aromatic heterocycles. The number of carbonyl (C=O) groups is 1. The van der Waals surface area contributed by atoms with Crippen molar-refractivity contribution in [1.82, 2.24) is 9.99 Å². The van der Waals surface area contributed by atoms with Gasteiger partial charge >= 0.3 is 0 Å². The maximum atomic E-state index is 12.1. The molecule has 0 fully saturated rings. The molecule has 1 atom stereocenters. The van der Waals surface area contributed by atoms with E-state index in [1.54, 1.807) is 43.7 Å². The van der Waals surface area contributed by atoms with Crippen LogP contribution in [0.4, 0.5) is 0 Å². The number of methoxy groups -OCH3 is 1. The summed E-state index contributed by atoms with van der Waals surface area (Å²) in [5.41, 5.74) is 6.39. The first-order valence-corrected chi connectivity index (χ1v) is 9.39. The molecule has 29 heavy (non-hydrogen) atoms. The molecule has 1 heterocycles. The predicted octanol–water partition coefficient (Wildman–Crippen LogP) is 3.94. The van der Waals surface area contributed by atoms with Crippen molar-refractivity contribution in [2.24, 2.45) is 5.10 Å². The number of aryl methyl sites for hydroxylation is 1. The zero-order valence-electron chi connectivity index (χ0n) is 16.4. The molecule has 0 unspecified atom stereocenters. The average Bonchev–Trinajstić information content (AvgIpc) is 3.01. The minimum Gasteiger partial charge on any atom is -0.495 e. The van der Waals surface area contributed by atoms with Gasteiger partial charge in [-0.3, -0.25) is 4.79 Å². The summed E-state index contributed by atoms with van der Waals surface area (Å²) in [5.74, 6) is 0.0942. The van der Waals surface area contributed by atoms with Gasteiger partial charge in [0.1, 0.15) is 5.75 Å². The minimum absolute atomic E-state index is 0.506. The van der Waals surface area contributed by atoms with Gasteiger partial charge in [-0.1, -0.05) is 41.9 Å². The Morgan fingerprint density at radius 3 is 2.62 bits per heavy atom. The van der Waals surface area contributed by atoms with Crippen molar-refractivity contribution in [2.45, 2.75) is 20.0 Å². The Morgan fingerprint density at radius 2 is 1.93 bits per heavy atom. The predicted molar refractivity (Wildman–Crippen MR) is 114 cm³/mol. The Balaban J connectivity index is 1.80. The lowest BCUT2D eigenvalue weighted by molar-refractivity contribution is -0.129. The van der Waals surface area contributed by atoms with E-state index in [9.17, 15) is 9.90 Å². The highest BCUT2D eigenvalue weighted by atomic mass is 35.5. The van der Waals surface area contributed by atoms with Crippen LogP contribution in [0.15, 0.2) is 59.7 Å². The smallest absolute Gasteiger partial charge is 0.273 e. The van der Waals surface area contributed by atoms with E-state index in [2.05, 4.69) is 10.5 Å². The van der Waals surface area contributed by atoms with E-state index < -0.39 is 12.0 Å². The normalized spacial score (nSPS) is 12.2. The number of rotatable bonds is 6. The number of halogens is 1. The van der Waals surface area contributed by atoms with Gasteiger partial charge in [0, 0.05) is 22.0 Å². The average molecular weight is 412 g/mol. The summed E-state index contributed by atoms with van der Waals surface area (Å²) in [6.45, 7) is 3.90. The molecule has 150 valence electrons. The van der Waals surface area contributed by atoms with Crippen LogP contribution in [0.1, 0.15) is 28.6 Å². The van der Waals surface area contributed by atoms with Crippen LogP contribution in [0.3, 0.4) is 0 Å². The lowest BCUT2D eigenvalue weighted by Crippen LogP contribution is -2.25. The number of aromatic nitrogens is 1. The highest BCUT2D eigenvalue weighted by molar-refractivity contribution is 6.30. The highest BCUT2D eigenvalue weighted by Crippen LogP contribution is 2.30. The van der Waals surface area contributed by atoms with Gasteiger partial charge in [-0.2, -0.15) is 5.10 Å². The molecule has 0 spiro atoms. The summed E-state index contributed by atoms with van der Waals surface area (Å²) >= 11 is 6.17. The number of nitrogens with one attached hydrogen (secondary N) is 1. The molecule has 6 nitrogen and oxygen atoms in total. The monoisotopic (exact) mass is 411 g/mol. The standard InChI is InChI=1S/C22H22ClN3O3/c1-14-11-17(13-24-25-22(28)21(27)16-7-5-4-6-8-16)15(2)26(14)19-12-18(23)9-10-20(19)29-3/h4-13,21,27H,1-3H3,(H,25,28)/b24-13-/t21-/m0/s1. The summed E-state index contributed by atoms with van der Waals surface area (Å²) in [7, 11) is 1.61. The number of hydrogen-bond donors (Lipinski definition) is 2. The molecular formula is C22H22ClN3O3. The van der Waals surface area contributed by atoms with E-state index in [1.807, 2.05) is 42.7 Å². The fourth-order valence-electron chi connectivity index (χ4n) is 3.14. The number of benzene rings is 2. The topological polar surface area (TPSA) is 75.8 Å². The number of aliphatic hydroxyl groups is 1. The van der Waals surface area contributed by atoms with Crippen LogP contribution >= 0.6 is 11.6 Å². The van der Waals surface area contributed by atoms with Crippen LogP contribution in [-0.4, -0.2) is 28.9 Å². The first-order chi connectivity index (χ1) is 13.9. The number of hydrogen-bond acceptors (Lipinski definition) is 4. The van der Waals surface area contributed by atoms with Gasteiger partial charge in [-0.25, -0.2) is 5.43 Å². The number of amides is 1. The third-order valence-corrected chi connectivity index (χ3v) is 4.83. The third-order valence-electron chi connectivity index (χ3n) is 4.59. The lowest BCUT2D eigenvalue weighted by Gasteiger charge is -2.14. The number of aliphatic hydroxyl groups excluding tert-OH is 1. The molecule has 0 aliphatic rings. The van der Waals surface area contributed by atoms with Crippen LogP contribution in [0.25, 0.3) is 5.69 Å². The number of carbonyl (C=O) groups excluding carboxylic acids is 1. The molecule has 2 N–H and O–H groups in total. The molecule has 0 bridgehead atoms. The highest BCUT2D eigenvalue weighted by Gasteiger charge is 2.17. The lowest BCUT2D eigenvalue weighted by atomic mass is 10.1. The minimum atomic E-state index is -1.28. The van der Waals surface area contributed by atoms with E-state index >= 15 is 0 Å². The molecule has 3 aromatic rings. The first kappa shape index (κ1) is 20.6. The molecule has 2 aromatic carbocycles. The Kier molecular flexibility index (Phi) is 6.36. The zero-order chi connectivity index (χ0) is 21.0. The van der Waals surface area contributed by atoms with Gasteiger partial charge in [-0.05, 0) is 43.7 Å². The second kappa shape index (κ2) is 8.94. The van der Waals surface area contributed by atoms with Crippen LogP contribution in [0, 0.1) is 13.8 Å². The molecule has 0 radical (unpaired) electrons. The van der Waals surface area contributed by atoms with E-state index in [1.165, 1.54) is 0 Å². The Bertz CT molecular complexity index is 1040. The van der Waals surface area contributed by atoms with Crippen LogP contribution in [0.5, 0.6) is 5.75 Å². The number of nitrogens with zero attached hydrogens (tertiary/aromatic N) is 2. The number of hydrazone groups is 1. The fourth-order valence-corrected chi connectivity index (χ4v) is 3.31. The molecule has 0 saturated heterocycles. The largest absolute Gasteiger partial charge is 0.495 e. The molecule has 0 saturated carbocycles. The summed E-state index contributed by atoms with van der Waals surface area (Å²) in [4.78, 5) is 12.1. The molecular weight excluding hydrogens is 390 g/mol. The van der Waals surface area contributed by atoms with Crippen LogP contribution < -0.4 is 10.2 Å². The van der Waals surface area contributed by atoms with Crippen molar-refractivity contribution < 1.29 is 14.6 Å². The van der Waals surface area contributed by atoms with Crippen molar-refractivity contribution in [3.8, 4) is 11.4 Å². The van der Waals surface area contributed by atoms with Gasteiger partial charge in [0.05, 0.1) is 19.0 Å². The first-order valence-electron chi connectivity index (χ1n) is 9.01. The van der Waals surface area contributed by atoms with E-state index in [0.717, 1.165) is 22.6 Å². The maximum Gasteiger partial charge on any atom is 0.273 e. The molecule has 0 aliphatic carbocycles. The number of ether oxygens (including phenoxy) is 1. The van der Waals surface area contributed by atoms with Gasteiger partial charge < -0.3 is 14.4 Å². The fraction of sp³-hybridized carbons (Fsp3) is 0.182. The van der Waals surface area contributed by atoms with Crippen molar-refractivity contribution in [1.29, 1.82) is 0 Å². The summed E-state index contributed by atoms with van der Waals surface area (Å²) < 4.78 is 7.46. The molecule has 3 rings (SSSR count). The SMILES string of the molecule is COc1ccc(Cl)cc1-n1c(C)cc(/C=N\NC(=O)[C@@H](O)c2ccccc2)c1C. The summed E-state index contributed by atoms with van der Waals surface area (Å²) in [6.07, 6.45) is 0.266. The van der Waals surface area contributed by atoms with Crippen molar-refractivity contribution >= 4 is 23.7 Å². The summed E-state index contributed by atoms with van der Waals surface area (Å²) in [6, 6.07) is 16.1. The Morgan fingerprint density at radius 1 is 1.21 bits per heavy atom. The second-order valence-corrected chi connectivity index (χ2v) is 6.96. The zero-order valence-corrected chi connectivity index (χ0v) is 17.1. The summed E-state index contributed by atoms with van der Waals surface area (Å²) in [5, 5.41) is 14.7. The van der Waals surface area contributed by atoms with Crippen molar-refractivity contribution in [3.05, 3.63) is 82.1 Å². The third kappa shape index (κ3) is 4.50. The van der Waals surface area contributed by atoms with Crippen molar-refractivity contribution in [2.75, 3.05) is 7.11 Å². The van der Waals surface area contributed by atoms with Gasteiger partial charge in [0.2, 0.25) is 0 Å². The van der Waals surface area contributed by atoms with E-state index in [-0.39, 0.29) is 0 Å². The Labute approximate surface area is 174 Å². The van der Waals surface area contributed by atoms with Crippen LogP contribution in [-0.2, 0) is 4.79 Å². The Hall–Kier alpha value is -3.09. The molecule has 0 aliphatic heterocycles. The van der Waals surface area contributed by atoms with Crippen molar-refractivity contribution in [3.63, 3.8) is 0 Å².